The van der Waals surface area contributed by atoms with E-state index in [1.54, 1.807) is 4.90 Å². The molecule has 1 N–H and O–H groups in total. The van der Waals surface area contributed by atoms with Gasteiger partial charge in [0.1, 0.15) is 17.5 Å². The molecule has 0 bridgehead atoms. The number of hydrogen-bond donors (Lipinski definition) is 1. The van der Waals surface area contributed by atoms with Crippen LogP contribution >= 0.6 is 0 Å². The zero-order valence-electron chi connectivity index (χ0n) is 24.2. The first-order valence-corrected chi connectivity index (χ1v) is 14.7. The summed E-state index contributed by atoms with van der Waals surface area (Å²) >= 11 is 0. The molecule has 0 saturated carbocycles. The van der Waals surface area contributed by atoms with Gasteiger partial charge in [-0.3, -0.25) is 9.69 Å². The molecule has 3 fully saturated rings. The van der Waals surface area contributed by atoms with Gasteiger partial charge < -0.3 is 29.6 Å². The first-order chi connectivity index (χ1) is 21.0. The van der Waals surface area contributed by atoms with Crippen molar-refractivity contribution >= 4 is 29.4 Å². The number of carbonyl (C=O) groups excluding carboxylic acids is 3. The highest BCUT2D eigenvalue weighted by molar-refractivity contribution is 6.04. The third-order valence-corrected chi connectivity index (χ3v) is 8.00. The normalized spacial score (nSPS) is 19.0. The van der Waals surface area contributed by atoms with Gasteiger partial charge in [-0.25, -0.2) is 9.59 Å². The van der Waals surface area contributed by atoms with Crippen LogP contribution in [0.25, 0.3) is 0 Å². The van der Waals surface area contributed by atoms with Gasteiger partial charge in [0, 0.05) is 70.3 Å². The van der Waals surface area contributed by atoms with E-state index in [1.807, 2.05) is 66.7 Å². The molecule has 224 valence electrons. The highest BCUT2D eigenvalue weighted by Gasteiger charge is 2.50. The van der Waals surface area contributed by atoms with Gasteiger partial charge in [0.05, 0.1) is 0 Å². The maximum Gasteiger partial charge on any atom is 0.434 e. The number of hydroxylamine groups is 2. The fraction of sp³-hybridized carbons (Fsp3) is 0.344. The van der Waals surface area contributed by atoms with Gasteiger partial charge in [-0.1, -0.05) is 35.4 Å². The van der Waals surface area contributed by atoms with Crippen LogP contribution in [0.15, 0.2) is 78.9 Å². The van der Waals surface area contributed by atoms with Gasteiger partial charge in [0.2, 0.25) is 0 Å². The Balaban J connectivity index is 0.992. The van der Waals surface area contributed by atoms with Crippen LogP contribution in [0.1, 0.15) is 12.5 Å². The third kappa shape index (κ3) is 6.36. The Morgan fingerprint density at radius 2 is 1.53 bits per heavy atom. The minimum Gasteiger partial charge on any atom is -0.457 e. The summed E-state index contributed by atoms with van der Waals surface area (Å²) in [5.74, 6) is 1.01. The summed E-state index contributed by atoms with van der Waals surface area (Å²) in [5, 5.41) is 3.93. The van der Waals surface area contributed by atoms with Gasteiger partial charge in [-0.05, 0) is 61.0 Å². The number of urea groups is 1. The minimum absolute atomic E-state index is 0.367. The molecule has 11 nitrogen and oxygen atoms in total. The van der Waals surface area contributed by atoms with Crippen molar-refractivity contribution in [2.24, 2.45) is 0 Å². The number of ether oxygens (including phenoxy) is 1. The van der Waals surface area contributed by atoms with Crippen LogP contribution in [0.3, 0.4) is 0 Å². The summed E-state index contributed by atoms with van der Waals surface area (Å²) in [6.45, 7) is 7.01. The Labute approximate surface area is 251 Å². The lowest BCUT2D eigenvalue weighted by Crippen LogP contribution is -2.52. The molecule has 0 aromatic heterocycles. The molecule has 3 aromatic carbocycles. The minimum atomic E-state index is -0.684. The van der Waals surface area contributed by atoms with Crippen molar-refractivity contribution in [3.05, 3.63) is 84.4 Å². The fourth-order valence-corrected chi connectivity index (χ4v) is 5.68. The molecule has 1 unspecified atom stereocenters. The predicted molar refractivity (Wildman–Crippen MR) is 162 cm³/mol. The fourth-order valence-electron chi connectivity index (χ4n) is 5.68. The van der Waals surface area contributed by atoms with Crippen molar-refractivity contribution in [2.75, 3.05) is 62.6 Å². The number of hydrogen-bond acceptors (Lipinski definition) is 8. The predicted octanol–water partition coefficient (Wildman–Crippen LogP) is 4.23. The average molecular weight is 585 g/mol. The summed E-state index contributed by atoms with van der Waals surface area (Å²) < 4.78 is 5.87. The molecule has 11 heteroatoms. The number of rotatable bonds is 8. The second-order valence-electron chi connectivity index (χ2n) is 10.8. The molecule has 3 heterocycles. The van der Waals surface area contributed by atoms with E-state index in [1.165, 1.54) is 4.90 Å². The van der Waals surface area contributed by atoms with Crippen molar-refractivity contribution in [3.63, 3.8) is 0 Å². The molecular formula is C32H36N6O5. The van der Waals surface area contributed by atoms with E-state index >= 15 is 0 Å². The summed E-state index contributed by atoms with van der Waals surface area (Å²) in [7, 11) is 0. The van der Waals surface area contributed by atoms with Crippen molar-refractivity contribution in [3.8, 4) is 11.5 Å². The van der Waals surface area contributed by atoms with Crippen molar-refractivity contribution in [1.82, 2.24) is 19.8 Å². The van der Waals surface area contributed by atoms with E-state index in [0.29, 0.717) is 57.4 Å². The Morgan fingerprint density at radius 3 is 2.23 bits per heavy atom. The van der Waals surface area contributed by atoms with Crippen molar-refractivity contribution in [1.29, 1.82) is 0 Å². The molecule has 0 radical (unpaired) electrons. The van der Waals surface area contributed by atoms with E-state index in [4.69, 9.17) is 9.57 Å². The van der Waals surface area contributed by atoms with Gasteiger partial charge >= 0.3 is 12.1 Å². The first-order valence-electron chi connectivity index (χ1n) is 14.7. The van der Waals surface area contributed by atoms with Gasteiger partial charge in [-0.2, -0.15) is 0 Å². The first kappa shape index (κ1) is 28.4. The number of amides is 4. The van der Waals surface area contributed by atoms with Crippen molar-refractivity contribution < 1.29 is 24.0 Å². The zero-order valence-corrected chi connectivity index (χ0v) is 24.2. The number of nitrogens with one attached hydrogen (secondary N) is 1. The molecule has 3 aliphatic heterocycles. The number of para-hydroxylation sites is 1. The highest BCUT2D eigenvalue weighted by atomic mass is 16.7. The van der Waals surface area contributed by atoms with Crippen LogP contribution in [0.2, 0.25) is 0 Å². The van der Waals surface area contributed by atoms with E-state index in [-0.39, 0.29) is 0 Å². The molecule has 6 rings (SSSR count). The summed E-state index contributed by atoms with van der Waals surface area (Å²) in [4.78, 5) is 51.9. The molecule has 0 spiro atoms. The second-order valence-corrected chi connectivity index (χ2v) is 10.8. The number of imide groups is 1. The molecule has 3 saturated heterocycles. The van der Waals surface area contributed by atoms with Crippen LogP contribution in [-0.2, 0) is 16.2 Å². The van der Waals surface area contributed by atoms with Crippen LogP contribution < -0.4 is 15.0 Å². The zero-order chi connectivity index (χ0) is 29.8. The number of nitrogens with zero attached hydrogens (tertiary/aromatic N) is 5. The van der Waals surface area contributed by atoms with Gasteiger partial charge in [0.25, 0.3) is 5.91 Å². The lowest BCUT2D eigenvalue weighted by atomic mass is 10.1. The van der Waals surface area contributed by atoms with E-state index in [2.05, 4.69) is 34.2 Å². The summed E-state index contributed by atoms with van der Waals surface area (Å²) in [6, 6.07) is 24.4. The Bertz CT molecular complexity index is 1430. The molecule has 1 atom stereocenters. The number of piperazine rings is 2. The smallest absolute Gasteiger partial charge is 0.434 e. The molecule has 0 aliphatic carbocycles. The summed E-state index contributed by atoms with van der Waals surface area (Å²) in [5.41, 5.74) is 3.22. The number of fused-ring (bicyclic) bond motifs is 1. The average Bonchev–Trinajstić information content (AvgIpc) is 3.27. The maximum absolute atomic E-state index is 13.2. The summed E-state index contributed by atoms with van der Waals surface area (Å²) in [6.07, 6.45) is -0.682. The van der Waals surface area contributed by atoms with Crippen LogP contribution in [0.4, 0.5) is 21.0 Å². The quantitative estimate of drug-likeness (QED) is 0.393. The third-order valence-electron chi connectivity index (χ3n) is 8.00. The van der Waals surface area contributed by atoms with Gasteiger partial charge in [0.15, 0.2) is 0 Å². The molecule has 3 aromatic rings. The van der Waals surface area contributed by atoms with Gasteiger partial charge in [-0.15, -0.1) is 0 Å². The van der Waals surface area contributed by atoms with E-state index in [9.17, 15) is 14.4 Å². The van der Waals surface area contributed by atoms with Crippen molar-refractivity contribution in [2.45, 2.75) is 19.5 Å². The molecule has 4 amide bonds. The molecular weight excluding hydrogens is 548 g/mol. The number of carbonyl (C=O) groups is 3. The van der Waals surface area contributed by atoms with E-state index < -0.39 is 24.1 Å². The number of anilines is 2. The lowest BCUT2D eigenvalue weighted by molar-refractivity contribution is -0.152. The molecule has 3 aliphatic rings. The molecule has 43 heavy (non-hydrogen) atoms. The van der Waals surface area contributed by atoms with Crippen LogP contribution in [-0.4, -0.2) is 96.2 Å². The maximum atomic E-state index is 13.2. The highest BCUT2D eigenvalue weighted by Crippen LogP contribution is 2.26. The lowest BCUT2D eigenvalue weighted by Gasteiger charge is -2.35. The standard InChI is InChI=1S/C32H36N6O5/c1-2-33-25-10-12-26(13-11-25)35-17-19-36(20-18-35)32(41)43-38-30(39)29-23-34(16-21-37(29)31(38)40)22-24-8-14-28(15-9-24)42-27-6-4-3-5-7-27/h3-15,29,33H,2,16-23H2,1H3. The SMILES string of the molecule is CCNc1ccc(N2CCN(C(=O)ON3C(=O)C4CN(Cc5ccc(Oc6ccccc6)cc5)CCN4C3=O)CC2)cc1. The number of benzene rings is 3. The second kappa shape index (κ2) is 12.6. The Hall–Kier alpha value is -4.77. The van der Waals surface area contributed by atoms with E-state index in [0.717, 1.165) is 35.0 Å². The topological polar surface area (TPSA) is 97.9 Å². The monoisotopic (exact) mass is 584 g/mol. The van der Waals surface area contributed by atoms with Crippen LogP contribution in [0.5, 0.6) is 11.5 Å². The Kier molecular flexibility index (Phi) is 8.32. The largest absolute Gasteiger partial charge is 0.457 e. The van der Waals surface area contributed by atoms with Crippen LogP contribution in [0, 0.1) is 0 Å². The Morgan fingerprint density at radius 1 is 0.837 bits per heavy atom.